The molecule has 6 N–H and O–H groups in total. The summed E-state index contributed by atoms with van der Waals surface area (Å²) in [7, 11) is -4.38. The Morgan fingerprint density at radius 1 is 1.10 bits per heavy atom. The van der Waals surface area contributed by atoms with E-state index in [0.717, 1.165) is 51.6 Å². The normalized spacial score (nSPS) is 22.3. The summed E-state index contributed by atoms with van der Waals surface area (Å²) in [5.74, 6) is -1.53. The molecular weight excluding hydrogens is 419 g/mol. The molecule has 0 saturated carbocycles. The Kier molecular flexibility index (Phi) is 13.5. The summed E-state index contributed by atoms with van der Waals surface area (Å²) in [6, 6.07) is -1.43. The van der Waals surface area contributed by atoms with Gasteiger partial charge in [-0.25, -0.2) is 0 Å². The molecule has 1 heterocycles. The fraction of sp³-hybridized carbons (Fsp3) is 0.905. The molecule has 182 valence electrons. The third kappa shape index (κ3) is 12.0. The molecule has 10 heteroatoms. The standard InChI is InChI=1S/C21H43N4O5P/c1-4-19(31(28,29)30)24-18(15-16(2)3)21(27)25-17-11-7-10-13-22-12-8-5-6-9-14-23-20(17)26/h16-19,22,24H,4-15H2,1-3H3,(H,23,26)(H,25,27)(H2,28,29,30)/t17?,18-,19?/m0/s1. The number of carbonyl (C=O) groups is 2. The van der Waals surface area contributed by atoms with Gasteiger partial charge in [0.1, 0.15) is 11.8 Å². The van der Waals surface area contributed by atoms with Gasteiger partial charge in [0.25, 0.3) is 0 Å². The summed E-state index contributed by atoms with van der Waals surface area (Å²) in [5.41, 5.74) is 0. The second kappa shape index (κ2) is 15.0. The lowest BCUT2D eigenvalue weighted by Gasteiger charge is -2.28. The second-order valence-electron chi connectivity index (χ2n) is 8.87. The highest BCUT2D eigenvalue weighted by Gasteiger charge is 2.33. The fourth-order valence-electron chi connectivity index (χ4n) is 3.74. The van der Waals surface area contributed by atoms with Crippen LogP contribution in [0.4, 0.5) is 0 Å². The van der Waals surface area contributed by atoms with E-state index in [1.165, 1.54) is 0 Å². The van der Waals surface area contributed by atoms with Gasteiger partial charge in [0.05, 0.1) is 6.04 Å². The van der Waals surface area contributed by atoms with Crippen LogP contribution in [0.5, 0.6) is 0 Å². The van der Waals surface area contributed by atoms with E-state index in [4.69, 9.17) is 0 Å². The molecule has 9 nitrogen and oxygen atoms in total. The average Bonchev–Trinajstić information content (AvgIpc) is 2.68. The maximum Gasteiger partial charge on any atom is 0.342 e. The summed E-state index contributed by atoms with van der Waals surface area (Å²) >= 11 is 0. The Morgan fingerprint density at radius 2 is 1.71 bits per heavy atom. The molecule has 1 rings (SSSR count). The molecule has 0 radical (unpaired) electrons. The minimum Gasteiger partial charge on any atom is -0.354 e. The van der Waals surface area contributed by atoms with Crippen molar-refractivity contribution in [2.24, 2.45) is 5.92 Å². The number of hydrogen-bond acceptors (Lipinski definition) is 5. The zero-order valence-electron chi connectivity index (χ0n) is 19.4. The van der Waals surface area contributed by atoms with Crippen LogP contribution < -0.4 is 21.3 Å². The quantitative estimate of drug-likeness (QED) is 0.303. The number of hydrogen-bond donors (Lipinski definition) is 6. The van der Waals surface area contributed by atoms with Crippen molar-refractivity contribution < 1.29 is 23.9 Å². The Labute approximate surface area is 187 Å². The summed E-state index contributed by atoms with van der Waals surface area (Å²) in [6.45, 7) is 8.04. The summed E-state index contributed by atoms with van der Waals surface area (Å²) in [6.07, 6.45) is 7.10. The van der Waals surface area contributed by atoms with Crippen molar-refractivity contribution in [3.8, 4) is 0 Å². The predicted octanol–water partition coefficient (Wildman–Crippen LogP) is 1.84. The molecule has 2 unspecified atom stereocenters. The molecule has 0 aliphatic carbocycles. The van der Waals surface area contributed by atoms with Crippen LogP contribution in [0.2, 0.25) is 0 Å². The lowest BCUT2D eigenvalue weighted by atomic mass is 10.0. The first-order valence-corrected chi connectivity index (χ1v) is 13.4. The van der Waals surface area contributed by atoms with Crippen LogP contribution in [0.15, 0.2) is 0 Å². The SMILES string of the molecule is CCC(N[C@@H](CC(C)C)C(=O)NC1CCCCNCCCCCCNC1=O)P(=O)(O)O. The van der Waals surface area contributed by atoms with Gasteiger partial charge in [-0.05, 0) is 64.0 Å². The Morgan fingerprint density at radius 3 is 2.29 bits per heavy atom. The van der Waals surface area contributed by atoms with Crippen LogP contribution in [-0.4, -0.2) is 59.1 Å². The van der Waals surface area contributed by atoms with Gasteiger partial charge in [0, 0.05) is 6.54 Å². The minimum absolute atomic E-state index is 0.140. The van der Waals surface area contributed by atoms with Crippen LogP contribution in [0.3, 0.4) is 0 Å². The van der Waals surface area contributed by atoms with Gasteiger partial charge in [-0.3, -0.25) is 19.5 Å². The van der Waals surface area contributed by atoms with Gasteiger partial charge >= 0.3 is 7.60 Å². The first kappa shape index (κ1) is 28.0. The highest BCUT2D eigenvalue weighted by Crippen LogP contribution is 2.41. The maximum absolute atomic E-state index is 13.0. The zero-order chi connectivity index (χ0) is 23.3. The summed E-state index contributed by atoms with van der Waals surface area (Å²) in [4.78, 5) is 44.9. The van der Waals surface area contributed by atoms with E-state index < -0.39 is 25.5 Å². The Bertz CT molecular complexity index is 584. The molecule has 0 aromatic carbocycles. The van der Waals surface area contributed by atoms with Crippen LogP contribution >= 0.6 is 7.60 Å². The molecular formula is C21H43N4O5P. The largest absolute Gasteiger partial charge is 0.354 e. The van der Waals surface area contributed by atoms with E-state index in [1.54, 1.807) is 6.92 Å². The predicted molar refractivity (Wildman–Crippen MR) is 123 cm³/mol. The molecule has 2 amide bonds. The number of rotatable bonds is 8. The zero-order valence-corrected chi connectivity index (χ0v) is 20.3. The second-order valence-corrected chi connectivity index (χ2v) is 10.7. The first-order chi connectivity index (χ1) is 14.6. The summed E-state index contributed by atoms with van der Waals surface area (Å²) < 4.78 is 11.7. The van der Waals surface area contributed by atoms with Crippen molar-refractivity contribution in [3.63, 3.8) is 0 Å². The summed E-state index contributed by atoms with van der Waals surface area (Å²) in [5, 5.41) is 12.0. The highest BCUT2D eigenvalue weighted by molar-refractivity contribution is 7.52. The van der Waals surface area contributed by atoms with Crippen LogP contribution in [0.1, 0.15) is 78.6 Å². The minimum atomic E-state index is -4.38. The smallest absolute Gasteiger partial charge is 0.342 e. The Hall–Kier alpha value is -0.990. The highest BCUT2D eigenvalue weighted by atomic mass is 31.2. The number of amides is 2. The van der Waals surface area contributed by atoms with E-state index in [9.17, 15) is 23.9 Å². The number of carbonyl (C=O) groups excluding carboxylic acids is 2. The van der Waals surface area contributed by atoms with Crippen molar-refractivity contribution in [3.05, 3.63) is 0 Å². The van der Waals surface area contributed by atoms with Crippen LogP contribution in [0.25, 0.3) is 0 Å². The first-order valence-electron chi connectivity index (χ1n) is 11.7. The van der Waals surface area contributed by atoms with Gasteiger partial charge in [-0.1, -0.05) is 33.6 Å². The molecule has 0 spiro atoms. The van der Waals surface area contributed by atoms with Crippen molar-refractivity contribution in [2.75, 3.05) is 19.6 Å². The van der Waals surface area contributed by atoms with Crippen LogP contribution in [0, 0.1) is 5.92 Å². The molecule has 1 fully saturated rings. The molecule has 0 aromatic rings. The molecule has 1 aliphatic heterocycles. The monoisotopic (exact) mass is 462 g/mol. The fourth-order valence-corrected chi connectivity index (χ4v) is 4.58. The molecule has 3 atom stereocenters. The van der Waals surface area contributed by atoms with Crippen molar-refractivity contribution >= 4 is 19.4 Å². The van der Waals surface area contributed by atoms with E-state index in [0.29, 0.717) is 19.4 Å². The Balaban J connectivity index is 2.83. The van der Waals surface area contributed by atoms with Crippen molar-refractivity contribution in [2.45, 2.75) is 96.4 Å². The van der Waals surface area contributed by atoms with Crippen molar-refractivity contribution in [1.29, 1.82) is 0 Å². The van der Waals surface area contributed by atoms with Crippen molar-refractivity contribution in [1.82, 2.24) is 21.3 Å². The average molecular weight is 463 g/mol. The van der Waals surface area contributed by atoms with E-state index in [2.05, 4.69) is 21.3 Å². The van der Waals surface area contributed by atoms with Gasteiger partial charge < -0.3 is 25.7 Å². The molecule has 31 heavy (non-hydrogen) atoms. The van der Waals surface area contributed by atoms with Gasteiger partial charge in [0.15, 0.2) is 0 Å². The van der Waals surface area contributed by atoms with Gasteiger partial charge in [0.2, 0.25) is 11.8 Å². The third-order valence-corrected chi connectivity index (χ3v) is 6.85. The maximum atomic E-state index is 13.0. The third-order valence-electron chi connectivity index (χ3n) is 5.52. The van der Waals surface area contributed by atoms with E-state index in [1.807, 2.05) is 13.8 Å². The van der Waals surface area contributed by atoms with Gasteiger partial charge in [-0.2, -0.15) is 0 Å². The van der Waals surface area contributed by atoms with Crippen LogP contribution in [-0.2, 0) is 14.2 Å². The molecule has 0 aromatic heterocycles. The number of nitrogens with one attached hydrogen (secondary N) is 4. The molecule has 1 aliphatic rings. The topological polar surface area (TPSA) is 140 Å². The molecule has 1 saturated heterocycles. The van der Waals surface area contributed by atoms with E-state index in [-0.39, 0.29) is 24.2 Å². The molecule has 0 bridgehead atoms. The lowest BCUT2D eigenvalue weighted by Crippen LogP contribution is -2.54. The van der Waals surface area contributed by atoms with Gasteiger partial charge in [-0.15, -0.1) is 0 Å². The lowest BCUT2D eigenvalue weighted by molar-refractivity contribution is -0.130. The van der Waals surface area contributed by atoms with E-state index >= 15 is 0 Å².